The summed E-state index contributed by atoms with van der Waals surface area (Å²) in [5, 5.41) is 9.16. The summed E-state index contributed by atoms with van der Waals surface area (Å²) >= 11 is 1.41. The van der Waals surface area contributed by atoms with Crippen molar-refractivity contribution < 1.29 is 4.79 Å². The number of carbonyl (C=O) groups is 1. The number of nitrogens with one attached hydrogen (secondary N) is 1. The molecule has 1 aromatic carbocycles. The molecule has 1 amide bonds. The molecule has 2 aromatic rings. The van der Waals surface area contributed by atoms with Crippen LogP contribution in [-0.2, 0) is 6.54 Å². The number of hydrogen-bond donors (Lipinski definition) is 2. The normalized spacial score (nSPS) is 10.0. The molecule has 0 aliphatic rings. The topological polar surface area (TPSA) is 82.2 Å². The third-order valence-corrected chi connectivity index (χ3v) is 4.31. The largest absolute Gasteiger partial charge is 0.369 e. The van der Waals surface area contributed by atoms with Crippen molar-refractivity contribution in [1.29, 1.82) is 5.26 Å². The summed E-state index contributed by atoms with van der Waals surface area (Å²) in [6.07, 6.45) is 0. The first kappa shape index (κ1) is 15.0. The van der Waals surface area contributed by atoms with Gasteiger partial charge in [0.15, 0.2) is 0 Å². The zero-order chi connectivity index (χ0) is 15.4. The lowest BCUT2D eigenvalue weighted by Crippen LogP contribution is -2.29. The first-order valence-corrected chi connectivity index (χ1v) is 7.19. The molecule has 0 saturated carbocycles. The van der Waals surface area contributed by atoms with Crippen molar-refractivity contribution >= 4 is 22.9 Å². The van der Waals surface area contributed by atoms with Crippen molar-refractivity contribution in [2.45, 2.75) is 13.5 Å². The van der Waals surface area contributed by atoms with Gasteiger partial charge in [0.1, 0.15) is 6.07 Å². The Balaban J connectivity index is 2.24. The number of benzene rings is 1. The molecular formula is C15H16N4OS. The molecule has 1 aromatic heterocycles. The number of thiophene rings is 1. The van der Waals surface area contributed by atoms with Gasteiger partial charge in [0.25, 0.3) is 5.91 Å². The monoisotopic (exact) mass is 300 g/mol. The van der Waals surface area contributed by atoms with Crippen LogP contribution in [0.3, 0.4) is 0 Å². The number of carbonyl (C=O) groups excluding carboxylic acids is 1. The van der Waals surface area contributed by atoms with Crippen LogP contribution < -0.4 is 16.2 Å². The van der Waals surface area contributed by atoms with Crippen molar-refractivity contribution in [3.05, 3.63) is 51.2 Å². The zero-order valence-electron chi connectivity index (χ0n) is 11.9. The average molecular weight is 300 g/mol. The molecule has 0 atom stereocenters. The van der Waals surface area contributed by atoms with Gasteiger partial charge in [-0.1, -0.05) is 12.1 Å². The summed E-state index contributed by atoms with van der Waals surface area (Å²) in [5.74, 6) is 4.87. The molecule has 1 heterocycles. The minimum atomic E-state index is -0.283. The van der Waals surface area contributed by atoms with Crippen LogP contribution in [0.4, 0.5) is 5.69 Å². The Bertz CT molecular complexity index is 702. The number of nitrogen functional groups attached to an aromatic ring is 1. The number of para-hydroxylation sites is 1. The van der Waals surface area contributed by atoms with Gasteiger partial charge in [-0.15, -0.1) is 11.3 Å². The third-order valence-electron chi connectivity index (χ3n) is 3.22. The predicted molar refractivity (Wildman–Crippen MR) is 84.0 cm³/mol. The number of nitrogens with zero attached hydrogens (tertiary/aromatic N) is 2. The van der Waals surface area contributed by atoms with Crippen LogP contribution in [0, 0.1) is 18.3 Å². The molecule has 21 heavy (non-hydrogen) atoms. The Hall–Kier alpha value is -2.36. The number of hydrazine groups is 1. The second-order valence-corrected chi connectivity index (χ2v) is 5.91. The molecular weight excluding hydrogens is 284 g/mol. The molecule has 0 spiro atoms. The fourth-order valence-electron chi connectivity index (χ4n) is 2.10. The lowest BCUT2D eigenvalue weighted by Gasteiger charge is -2.20. The first-order valence-electron chi connectivity index (χ1n) is 6.37. The minimum Gasteiger partial charge on any atom is -0.369 e. The quantitative estimate of drug-likeness (QED) is 0.515. The molecule has 0 radical (unpaired) electrons. The Morgan fingerprint density at radius 3 is 2.86 bits per heavy atom. The summed E-state index contributed by atoms with van der Waals surface area (Å²) < 4.78 is 0. The van der Waals surface area contributed by atoms with Crippen LogP contribution in [0.2, 0.25) is 0 Å². The van der Waals surface area contributed by atoms with Crippen LogP contribution in [0.15, 0.2) is 30.3 Å². The maximum absolute atomic E-state index is 11.6. The molecule has 3 N–H and O–H groups in total. The van der Waals surface area contributed by atoms with Crippen LogP contribution in [0.5, 0.6) is 0 Å². The van der Waals surface area contributed by atoms with Gasteiger partial charge in [-0.05, 0) is 30.7 Å². The van der Waals surface area contributed by atoms with Gasteiger partial charge in [0, 0.05) is 18.5 Å². The van der Waals surface area contributed by atoms with Gasteiger partial charge in [0.2, 0.25) is 0 Å². The van der Waals surface area contributed by atoms with Crippen molar-refractivity contribution in [1.82, 2.24) is 5.43 Å². The standard InChI is InChI=1S/C15H16N4OS/c1-10-12(7-14(21-10)15(20)18-17)9-19(2)13-6-4-3-5-11(13)8-16/h3-7H,9,17H2,1-2H3,(H,18,20). The van der Waals surface area contributed by atoms with E-state index in [4.69, 9.17) is 11.1 Å². The highest BCUT2D eigenvalue weighted by atomic mass is 32.1. The summed E-state index contributed by atoms with van der Waals surface area (Å²) in [4.78, 5) is 15.2. The number of nitriles is 1. The Morgan fingerprint density at radius 2 is 2.19 bits per heavy atom. The lowest BCUT2D eigenvalue weighted by molar-refractivity contribution is 0.0957. The molecule has 6 heteroatoms. The van der Waals surface area contributed by atoms with Crippen molar-refractivity contribution in [3.8, 4) is 6.07 Å². The van der Waals surface area contributed by atoms with Gasteiger partial charge in [-0.2, -0.15) is 5.26 Å². The van der Waals surface area contributed by atoms with Gasteiger partial charge in [-0.3, -0.25) is 10.2 Å². The zero-order valence-corrected chi connectivity index (χ0v) is 12.7. The summed E-state index contributed by atoms with van der Waals surface area (Å²) in [6, 6.07) is 11.5. The fourth-order valence-corrected chi connectivity index (χ4v) is 3.04. The van der Waals surface area contributed by atoms with E-state index in [0.717, 1.165) is 16.1 Å². The van der Waals surface area contributed by atoms with E-state index >= 15 is 0 Å². The molecule has 0 bridgehead atoms. The Labute approximate surface area is 127 Å². The Morgan fingerprint density at radius 1 is 1.48 bits per heavy atom. The molecule has 0 unspecified atom stereocenters. The number of amides is 1. The van der Waals surface area contributed by atoms with Crippen molar-refractivity contribution in [3.63, 3.8) is 0 Å². The second-order valence-electron chi connectivity index (χ2n) is 4.65. The second kappa shape index (κ2) is 6.39. The molecule has 2 rings (SSSR count). The molecule has 0 fully saturated rings. The van der Waals surface area contributed by atoms with E-state index in [1.807, 2.05) is 43.1 Å². The van der Waals surface area contributed by atoms with Gasteiger partial charge >= 0.3 is 0 Å². The maximum Gasteiger partial charge on any atom is 0.275 e. The number of nitrogens with two attached hydrogens (primary N) is 1. The number of aryl methyl sites for hydroxylation is 1. The van der Waals surface area contributed by atoms with Gasteiger partial charge in [0.05, 0.1) is 16.1 Å². The molecule has 5 nitrogen and oxygen atoms in total. The molecule has 0 saturated heterocycles. The van der Waals surface area contributed by atoms with E-state index in [1.54, 1.807) is 6.07 Å². The third kappa shape index (κ3) is 3.21. The van der Waals surface area contributed by atoms with E-state index in [-0.39, 0.29) is 5.91 Å². The number of hydrogen-bond acceptors (Lipinski definition) is 5. The highest BCUT2D eigenvalue weighted by Crippen LogP contribution is 2.26. The van der Waals surface area contributed by atoms with E-state index in [1.165, 1.54) is 11.3 Å². The minimum absolute atomic E-state index is 0.283. The van der Waals surface area contributed by atoms with Crippen LogP contribution in [0.25, 0.3) is 0 Å². The molecule has 0 aliphatic heterocycles. The van der Waals surface area contributed by atoms with E-state index in [9.17, 15) is 4.79 Å². The highest BCUT2D eigenvalue weighted by molar-refractivity contribution is 7.14. The summed E-state index contributed by atoms with van der Waals surface area (Å²) in [5.41, 5.74) is 4.69. The van der Waals surface area contributed by atoms with E-state index < -0.39 is 0 Å². The van der Waals surface area contributed by atoms with Crippen molar-refractivity contribution in [2.75, 3.05) is 11.9 Å². The number of anilines is 1. The van der Waals surface area contributed by atoms with Crippen LogP contribution in [-0.4, -0.2) is 13.0 Å². The fraction of sp³-hybridized carbons (Fsp3) is 0.200. The van der Waals surface area contributed by atoms with Gasteiger partial charge < -0.3 is 4.90 Å². The predicted octanol–water partition coefficient (Wildman–Crippen LogP) is 2.17. The number of rotatable bonds is 4. The smallest absolute Gasteiger partial charge is 0.275 e. The summed E-state index contributed by atoms with van der Waals surface area (Å²) in [6.45, 7) is 2.59. The van der Waals surface area contributed by atoms with E-state index in [0.29, 0.717) is 17.0 Å². The van der Waals surface area contributed by atoms with Crippen LogP contribution in [0.1, 0.15) is 25.7 Å². The first-order chi connectivity index (χ1) is 10.1. The van der Waals surface area contributed by atoms with Crippen LogP contribution >= 0.6 is 11.3 Å². The Kier molecular flexibility index (Phi) is 4.58. The highest BCUT2D eigenvalue weighted by Gasteiger charge is 2.14. The SMILES string of the molecule is Cc1sc(C(=O)NN)cc1CN(C)c1ccccc1C#N. The maximum atomic E-state index is 11.6. The molecule has 108 valence electrons. The average Bonchev–Trinajstić information content (AvgIpc) is 2.87. The molecule has 0 aliphatic carbocycles. The summed E-state index contributed by atoms with van der Waals surface area (Å²) in [7, 11) is 1.93. The van der Waals surface area contributed by atoms with Crippen molar-refractivity contribution in [2.24, 2.45) is 5.84 Å². The van der Waals surface area contributed by atoms with Gasteiger partial charge in [-0.25, -0.2) is 5.84 Å². The lowest BCUT2D eigenvalue weighted by atomic mass is 10.1. The van der Waals surface area contributed by atoms with E-state index in [2.05, 4.69) is 11.5 Å².